The highest BCUT2D eigenvalue weighted by molar-refractivity contribution is 6.06. The van der Waals surface area contributed by atoms with Crippen molar-refractivity contribution in [2.75, 3.05) is 4.90 Å². The Hall–Kier alpha value is -6.25. The molecule has 0 saturated carbocycles. The van der Waals surface area contributed by atoms with Gasteiger partial charge in [0, 0.05) is 22.5 Å². The zero-order valence-corrected chi connectivity index (χ0v) is 28.6. The molecule has 0 aromatic heterocycles. The normalized spacial score (nSPS) is 12.8. The van der Waals surface area contributed by atoms with Crippen LogP contribution in [0.5, 0.6) is 0 Å². The van der Waals surface area contributed by atoms with Gasteiger partial charge in [-0.15, -0.1) is 0 Å². The average Bonchev–Trinajstić information content (AvgIpc) is 3.41. The van der Waals surface area contributed by atoms with Crippen molar-refractivity contribution in [2.45, 2.75) is 19.3 Å². The van der Waals surface area contributed by atoms with Crippen LogP contribution in [0.2, 0.25) is 0 Å². The van der Waals surface area contributed by atoms with Crippen molar-refractivity contribution in [1.82, 2.24) is 0 Å². The second-order valence-corrected chi connectivity index (χ2v) is 13.9. The lowest BCUT2D eigenvalue weighted by molar-refractivity contribution is 0.628. The summed E-state index contributed by atoms with van der Waals surface area (Å²) in [6.07, 6.45) is 0. The van der Waals surface area contributed by atoms with E-state index >= 15 is 0 Å². The van der Waals surface area contributed by atoms with Gasteiger partial charge in [-0.05, 0) is 115 Å². The second-order valence-electron chi connectivity index (χ2n) is 13.9. The summed E-state index contributed by atoms with van der Waals surface area (Å²) in [7, 11) is 0. The second kappa shape index (κ2) is 12.3. The summed E-state index contributed by atoms with van der Waals surface area (Å²) in [5.74, 6) is -0.231. The molecule has 0 N–H and O–H groups in total. The molecule has 1 aliphatic carbocycles. The van der Waals surface area contributed by atoms with Gasteiger partial charge in [0.2, 0.25) is 0 Å². The molecule has 0 fully saturated rings. The lowest BCUT2D eigenvalue weighted by Crippen LogP contribution is -2.16. The third-order valence-electron chi connectivity index (χ3n) is 10.6. The zero-order valence-electron chi connectivity index (χ0n) is 28.6. The highest BCUT2D eigenvalue weighted by atomic mass is 19.1. The van der Waals surface area contributed by atoms with E-state index in [0.717, 1.165) is 50.1 Å². The molecule has 8 aromatic rings. The van der Waals surface area contributed by atoms with E-state index in [0.29, 0.717) is 0 Å². The van der Waals surface area contributed by atoms with E-state index in [4.69, 9.17) is 0 Å². The molecular weight excluding hydrogens is 622 g/mol. The molecule has 1 aliphatic rings. The molecule has 0 atom stereocenters. The van der Waals surface area contributed by atoms with Crippen LogP contribution in [-0.2, 0) is 5.41 Å². The first-order valence-corrected chi connectivity index (χ1v) is 17.5. The van der Waals surface area contributed by atoms with E-state index in [-0.39, 0.29) is 11.2 Å². The Balaban J connectivity index is 1.16. The molecule has 8 aromatic carbocycles. The van der Waals surface area contributed by atoms with Crippen LogP contribution >= 0.6 is 0 Å². The summed E-state index contributed by atoms with van der Waals surface area (Å²) >= 11 is 0. The highest BCUT2D eigenvalue weighted by Gasteiger charge is 2.35. The average molecular weight is 658 g/mol. The predicted molar refractivity (Wildman–Crippen MR) is 212 cm³/mol. The molecule has 0 spiro atoms. The third-order valence-corrected chi connectivity index (χ3v) is 10.6. The van der Waals surface area contributed by atoms with Gasteiger partial charge < -0.3 is 4.90 Å². The standard InChI is InChI=1S/C49H36FN/c1-49(2)46-17-7-6-14-44(46)45-31-30-41(32-47(45)49)51(39-26-20-34(21-27-39)33-10-4-3-5-11-33)40-28-22-36(23-29-40)43-16-9-13-37-12-8-15-42(48(37)43)35-18-24-38(50)25-19-35/h3-32H,1-2H3. The Morgan fingerprint density at radius 3 is 1.53 bits per heavy atom. The molecule has 2 heteroatoms. The molecule has 0 amide bonds. The highest BCUT2D eigenvalue weighted by Crippen LogP contribution is 2.50. The van der Waals surface area contributed by atoms with Crippen LogP contribution < -0.4 is 4.90 Å². The summed E-state index contributed by atoms with van der Waals surface area (Å²) in [5, 5.41) is 2.31. The monoisotopic (exact) mass is 657 g/mol. The number of nitrogens with zero attached hydrogens (tertiary/aromatic N) is 1. The van der Waals surface area contributed by atoms with Gasteiger partial charge in [-0.25, -0.2) is 4.39 Å². The van der Waals surface area contributed by atoms with E-state index in [1.54, 1.807) is 0 Å². The fourth-order valence-corrected chi connectivity index (χ4v) is 7.95. The number of hydrogen-bond donors (Lipinski definition) is 0. The van der Waals surface area contributed by atoms with Gasteiger partial charge >= 0.3 is 0 Å². The summed E-state index contributed by atoms with van der Waals surface area (Å²) in [6.45, 7) is 4.67. The van der Waals surface area contributed by atoms with Crippen molar-refractivity contribution in [2.24, 2.45) is 0 Å². The lowest BCUT2D eigenvalue weighted by Gasteiger charge is -2.28. The number of rotatable bonds is 6. The van der Waals surface area contributed by atoms with Crippen LogP contribution in [0, 0.1) is 5.82 Å². The van der Waals surface area contributed by atoms with Gasteiger partial charge in [-0.3, -0.25) is 0 Å². The van der Waals surface area contributed by atoms with Crippen molar-refractivity contribution in [3.63, 3.8) is 0 Å². The summed E-state index contributed by atoms with van der Waals surface area (Å²) in [5.41, 5.74) is 15.3. The summed E-state index contributed by atoms with van der Waals surface area (Å²) in [4.78, 5) is 2.37. The molecule has 0 bridgehead atoms. The summed E-state index contributed by atoms with van der Waals surface area (Å²) in [6, 6.07) is 63.6. The van der Waals surface area contributed by atoms with E-state index in [9.17, 15) is 4.39 Å². The largest absolute Gasteiger partial charge is 0.310 e. The van der Waals surface area contributed by atoms with Crippen LogP contribution in [0.25, 0.3) is 55.3 Å². The van der Waals surface area contributed by atoms with Crippen LogP contribution in [0.1, 0.15) is 25.0 Å². The minimum absolute atomic E-state index is 0.106. The maximum absolute atomic E-state index is 13.9. The van der Waals surface area contributed by atoms with Crippen molar-refractivity contribution < 1.29 is 4.39 Å². The Morgan fingerprint density at radius 1 is 0.392 bits per heavy atom. The van der Waals surface area contributed by atoms with Crippen LogP contribution in [0.3, 0.4) is 0 Å². The number of benzene rings is 8. The number of anilines is 3. The fourth-order valence-electron chi connectivity index (χ4n) is 7.95. The first-order valence-electron chi connectivity index (χ1n) is 17.5. The topological polar surface area (TPSA) is 3.24 Å². The van der Waals surface area contributed by atoms with Crippen LogP contribution in [-0.4, -0.2) is 0 Å². The smallest absolute Gasteiger partial charge is 0.123 e. The zero-order chi connectivity index (χ0) is 34.5. The van der Waals surface area contributed by atoms with Crippen LogP contribution in [0.4, 0.5) is 21.5 Å². The molecule has 9 rings (SSSR count). The van der Waals surface area contributed by atoms with Gasteiger partial charge in [0.05, 0.1) is 0 Å². The molecule has 0 saturated heterocycles. The maximum Gasteiger partial charge on any atom is 0.123 e. The van der Waals surface area contributed by atoms with Gasteiger partial charge in [0.25, 0.3) is 0 Å². The molecule has 244 valence electrons. The van der Waals surface area contributed by atoms with E-state index in [1.165, 1.54) is 45.5 Å². The van der Waals surface area contributed by atoms with E-state index in [2.05, 4.69) is 176 Å². The molecule has 0 unspecified atom stereocenters. The van der Waals surface area contributed by atoms with Crippen molar-refractivity contribution in [3.05, 3.63) is 199 Å². The van der Waals surface area contributed by atoms with Gasteiger partial charge in [0.15, 0.2) is 0 Å². The van der Waals surface area contributed by atoms with E-state index < -0.39 is 0 Å². The number of fused-ring (bicyclic) bond motifs is 4. The van der Waals surface area contributed by atoms with Crippen molar-refractivity contribution >= 4 is 27.8 Å². The Labute approximate surface area is 298 Å². The lowest BCUT2D eigenvalue weighted by atomic mass is 9.82. The van der Waals surface area contributed by atoms with Gasteiger partial charge in [0.1, 0.15) is 5.82 Å². The fraction of sp³-hybridized carbons (Fsp3) is 0.0612. The minimum Gasteiger partial charge on any atom is -0.310 e. The Morgan fingerprint density at radius 2 is 0.882 bits per heavy atom. The first kappa shape index (κ1) is 30.8. The summed E-state index contributed by atoms with van der Waals surface area (Å²) < 4.78 is 13.9. The molecule has 1 nitrogen and oxygen atoms in total. The predicted octanol–water partition coefficient (Wildman–Crippen LogP) is 13.8. The van der Waals surface area contributed by atoms with Gasteiger partial charge in [-0.1, -0.05) is 147 Å². The molecule has 0 radical (unpaired) electrons. The quantitative estimate of drug-likeness (QED) is 0.172. The number of hydrogen-bond acceptors (Lipinski definition) is 1. The molecule has 0 heterocycles. The van der Waals surface area contributed by atoms with Crippen molar-refractivity contribution in [1.29, 1.82) is 0 Å². The van der Waals surface area contributed by atoms with E-state index in [1.807, 2.05) is 12.1 Å². The SMILES string of the molecule is CC1(C)c2ccccc2-c2ccc(N(c3ccc(-c4ccccc4)cc3)c3ccc(-c4cccc5cccc(-c6ccc(F)cc6)c45)cc3)cc21. The molecule has 51 heavy (non-hydrogen) atoms. The minimum atomic E-state index is -0.231. The Bertz CT molecular complexity index is 2520. The molecular formula is C49H36FN. The maximum atomic E-state index is 13.9. The number of halogens is 1. The van der Waals surface area contributed by atoms with Crippen LogP contribution in [0.15, 0.2) is 182 Å². The third kappa shape index (κ3) is 5.32. The van der Waals surface area contributed by atoms with Gasteiger partial charge in [-0.2, -0.15) is 0 Å². The molecule has 0 aliphatic heterocycles. The van der Waals surface area contributed by atoms with Crippen molar-refractivity contribution in [3.8, 4) is 44.5 Å². The Kier molecular flexibility index (Phi) is 7.40. The first-order chi connectivity index (χ1) is 25.0.